The molecular formula is C17H13N9O5. The van der Waals surface area contributed by atoms with E-state index in [1.807, 2.05) is 0 Å². The minimum Gasteiger partial charge on any atom is -0.334 e. The Morgan fingerprint density at radius 3 is 2.29 bits per heavy atom. The van der Waals surface area contributed by atoms with Crippen molar-refractivity contribution in [3.63, 3.8) is 0 Å². The second-order valence-electron chi connectivity index (χ2n) is 6.41. The number of nitrogens with zero attached hydrogens (tertiary/aromatic N) is 9. The summed E-state index contributed by atoms with van der Waals surface area (Å²) in [6.45, 7) is 3.47. The van der Waals surface area contributed by atoms with Gasteiger partial charge in [-0.1, -0.05) is 5.16 Å². The number of aromatic nitrogens is 7. The van der Waals surface area contributed by atoms with Crippen molar-refractivity contribution in [3.05, 3.63) is 74.4 Å². The molecule has 0 aliphatic rings. The molecule has 3 heterocycles. The Morgan fingerprint density at radius 1 is 1.03 bits per heavy atom. The molecule has 0 bridgehead atoms. The van der Waals surface area contributed by atoms with Crippen LogP contribution in [0.15, 0.2) is 41.2 Å². The van der Waals surface area contributed by atoms with Crippen molar-refractivity contribution in [1.82, 2.24) is 34.9 Å². The number of nitro benzene ring substituents is 2. The van der Waals surface area contributed by atoms with Gasteiger partial charge in [-0.05, 0) is 19.9 Å². The lowest BCUT2D eigenvalue weighted by Gasteiger charge is -2.07. The Morgan fingerprint density at radius 2 is 1.68 bits per heavy atom. The van der Waals surface area contributed by atoms with Crippen LogP contribution < -0.4 is 0 Å². The predicted octanol–water partition coefficient (Wildman–Crippen LogP) is 2.38. The molecule has 0 N–H and O–H groups in total. The Kier molecular flexibility index (Phi) is 4.86. The van der Waals surface area contributed by atoms with Gasteiger partial charge in [0.25, 0.3) is 23.2 Å². The molecule has 1 unspecified atom stereocenters. The van der Waals surface area contributed by atoms with E-state index in [2.05, 4.69) is 30.2 Å². The maximum absolute atomic E-state index is 11.1. The maximum atomic E-state index is 11.1. The normalized spacial score (nSPS) is 11.9. The van der Waals surface area contributed by atoms with Crippen molar-refractivity contribution in [2.45, 2.75) is 19.8 Å². The van der Waals surface area contributed by atoms with E-state index in [1.165, 1.54) is 4.68 Å². The van der Waals surface area contributed by atoms with Gasteiger partial charge in [0.15, 0.2) is 5.82 Å². The fourth-order valence-corrected chi connectivity index (χ4v) is 2.83. The van der Waals surface area contributed by atoms with E-state index in [0.29, 0.717) is 17.6 Å². The highest BCUT2D eigenvalue weighted by Crippen LogP contribution is 2.30. The molecule has 0 saturated heterocycles. The van der Waals surface area contributed by atoms with Gasteiger partial charge in [-0.3, -0.25) is 20.2 Å². The number of aryl methyl sites for hydroxylation is 1. The first-order valence-corrected chi connectivity index (χ1v) is 8.82. The number of hydrogen-bond acceptors (Lipinski definition) is 11. The first-order valence-electron chi connectivity index (χ1n) is 8.82. The van der Waals surface area contributed by atoms with Crippen molar-refractivity contribution < 1.29 is 14.4 Å². The number of non-ortho nitro benzene ring substituents is 2. The zero-order chi connectivity index (χ0) is 22.1. The molecule has 0 fully saturated rings. The Labute approximate surface area is 172 Å². The maximum Gasteiger partial charge on any atom is 0.277 e. The minimum atomic E-state index is -0.735. The monoisotopic (exact) mass is 423 g/mol. The van der Waals surface area contributed by atoms with E-state index in [0.717, 1.165) is 18.2 Å². The van der Waals surface area contributed by atoms with Crippen molar-refractivity contribution >= 4 is 11.4 Å². The quantitative estimate of drug-likeness (QED) is 0.328. The summed E-state index contributed by atoms with van der Waals surface area (Å²) >= 11 is 0. The van der Waals surface area contributed by atoms with Gasteiger partial charge in [-0.25, -0.2) is 15.0 Å². The van der Waals surface area contributed by atoms with Crippen LogP contribution in [0.5, 0.6) is 0 Å². The summed E-state index contributed by atoms with van der Waals surface area (Å²) in [6.07, 6.45) is 3.13. The van der Waals surface area contributed by atoms with Crippen LogP contribution in [-0.2, 0) is 0 Å². The zero-order valence-electron chi connectivity index (χ0n) is 16.1. The Balaban J connectivity index is 1.72. The van der Waals surface area contributed by atoms with Gasteiger partial charge in [-0.2, -0.15) is 9.67 Å². The van der Waals surface area contributed by atoms with Crippen molar-refractivity contribution in [3.8, 4) is 17.4 Å². The molecule has 14 nitrogen and oxygen atoms in total. The second-order valence-corrected chi connectivity index (χ2v) is 6.41. The van der Waals surface area contributed by atoms with Crippen LogP contribution in [0.4, 0.5) is 11.4 Å². The lowest BCUT2D eigenvalue weighted by molar-refractivity contribution is -0.394. The van der Waals surface area contributed by atoms with Gasteiger partial charge in [-0.15, -0.1) is 5.10 Å². The van der Waals surface area contributed by atoms with E-state index in [4.69, 9.17) is 4.52 Å². The lowest BCUT2D eigenvalue weighted by atomic mass is 10.1. The highest BCUT2D eigenvalue weighted by atomic mass is 16.6. The van der Waals surface area contributed by atoms with Crippen LogP contribution in [0.1, 0.15) is 30.3 Å². The summed E-state index contributed by atoms with van der Waals surface area (Å²) in [4.78, 5) is 37.7. The molecule has 1 aromatic carbocycles. The topological polar surface area (TPSA) is 182 Å². The molecule has 156 valence electrons. The molecule has 31 heavy (non-hydrogen) atoms. The first kappa shape index (κ1) is 19.7. The average Bonchev–Trinajstić information content (AvgIpc) is 3.40. The van der Waals surface area contributed by atoms with Crippen LogP contribution in [0.25, 0.3) is 17.4 Å². The number of rotatable bonds is 6. The summed E-state index contributed by atoms with van der Waals surface area (Å²) in [5.74, 6) is 0.814. The molecule has 4 aromatic rings. The molecule has 0 amide bonds. The molecular weight excluding hydrogens is 410 g/mol. The number of hydrogen-bond donors (Lipinski definition) is 0. The third kappa shape index (κ3) is 3.81. The summed E-state index contributed by atoms with van der Waals surface area (Å²) < 4.78 is 6.67. The first-order chi connectivity index (χ1) is 14.8. The third-order valence-corrected chi connectivity index (χ3v) is 4.27. The molecule has 0 saturated carbocycles. The Hall–Kier alpha value is -4.62. The van der Waals surface area contributed by atoms with Crippen LogP contribution in [0, 0.1) is 27.2 Å². The highest BCUT2D eigenvalue weighted by molar-refractivity contribution is 5.63. The average molecular weight is 423 g/mol. The molecule has 0 spiro atoms. The third-order valence-electron chi connectivity index (χ3n) is 4.27. The van der Waals surface area contributed by atoms with Crippen LogP contribution in [-0.4, -0.2) is 44.7 Å². The van der Waals surface area contributed by atoms with Crippen molar-refractivity contribution in [1.29, 1.82) is 0 Å². The van der Waals surface area contributed by atoms with Crippen LogP contribution >= 0.6 is 0 Å². The Bertz CT molecular complexity index is 1250. The van der Waals surface area contributed by atoms with Gasteiger partial charge < -0.3 is 4.52 Å². The molecule has 14 heteroatoms. The van der Waals surface area contributed by atoms with Crippen molar-refractivity contribution in [2.24, 2.45) is 0 Å². The molecule has 4 rings (SSSR count). The van der Waals surface area contributed by atoms with E-state index in [-0.39, 0.29) is 17.3 Å². The van der Waals surface area contributed by atoms with Gasteiger partial charge in [0.05, 0.1) is 27.4 Å². The largest absolute Gasteiger partial charge is 0.334 e. The number of benzene rings is 1. The van der Waals surface area contributed by atoms with Gasteiger partial charge >= 0.3 is 0 Å². The second kappa shape index (κ2) is 7.66. The summed E-state index contributed by atoms with van der Waals surface area (Å²) in [5.41, 5.74) is -0.877. The van der Waals surface area contributed by atoms with Crippen molar-refractivity contribution in [2.75, 3.05) is 0 Å². The lowest BCUT2D eigenvalue weighted by Crippen LogP contribution is -2.11. The summed E-state index contributed by atoms with van der Waals surface area (Å²) in [5, 5.41) is 30.5. The molecule has 3 aromatic heterocycles. The highest BCUT2D eigenvalue weighted by Gasteiger charge is 2.25. The fourth-order valence-electron chi connectivity index (χ4n) is 2.83. The van der Waals surface area contributed by atoms with Gasteiger partial charge in [0.1, 0.15) is 11.6 Å². The smallest absolute Gasteiger partial charge is 0.277 e. The van der Waals surface area contributed by atoms with E-state index >= 15 is 0 Å². The molecule has 0 radical (unpaired) electrons. The van der Waals surface area contributed by atoms with Gasteiger partial charge in [0.2, 0.25) is 0 Å². The zero-order valence-corrected chi connectivity index (χ0v) is 16.1. The molecule has 1 atom stereocenters. The SMILES string of the molecule is Cc1nc(C(C)c2noc(-c3cc([N+](=O)[O-])cc([N+](=O)[O-])c3)n2)n(-c2ncccn2)n1. The molecule has 0 aliphatic heterocycles. The summed E-state index contributed by atoms with van der Waals surface area (Å²) in [7, 11) is 0. The van der Waals surface area contributed by atoms with E-state index in [9.17, 15) is 20.2 Å². The van der Waals surface area contributed by atoms with Crippen LogP contribution in [0.3, 0.4) is 0 Å². The number of nitro groups is 2. The van der Waals surface area contributed by atoms with Crippen LogP contribution in [0.2, 0.25) is 0 Å². The standard InChI is InChI=1S/C17H13N9O5/c1-9(15-20-10(2)22-24(15)17-18-4-3-5-19-17)14-21-16(31-23-14)11-6-12(25(27)28)8-13(7-11)26(29)30/h3-9H,1-2H3. The summed E-state index contributed by atoms with van der Waals surface area (Å²) in [6, 6.07) is 4.77. The molecule has 0 aliphatic carbocycles. The van der Waals surface area contributed by atoms with Gasteiger partial charge in [0, 0.05) is 24.5 Å². The van der Waals surface area contributed by atoms with E-state index < -0.39 is 27.1 Å². The predicted molar refractivity (Wildman–Crippen MR) is 102 cm³/mol. The fraction of sp³-hybridized carbons (Fsp3) is 0.176. The minimum absolute atomic E-state index is 0.0518. The van der Waals surface area contributed by atoms with E-state index in [1.54, 1.807) is 32.3 Å².